The van der Waals surface area contributed by atoms with Crippen molar-refractivity contribution in [1.29, 1.82) is 0 Å². The number of nitrogens with zero attached hydrogens (tertiary/aromatic N) is 2. The van der Waals surface area contributed by atoms with Crippen LogP contribution in [-0.2, 0) is 4.79 Å². The third-order valence-electron chi connectivity index (χ3n) is 3.66. The van der Waals surface area contributed by atoms with E-state index in [2.05, 4.69) is 15.2 Å². The van der Waals surface area contributed by atoms with Gasteiger partial charge < -0.3 is 15.3 Å². The Labute approximate surface area is 113 Å². The SMILES string of the molecule is O=C(CO)NCCC1CCN(c2ccncc2)CC1. The zero-order chi connectivity index (χ0) is 13.5. The molecule has 1 aromatic heterocycles. The summed E-state index contributed by atoms with van der Waals surface area (Å²) in [5.74, 6) is 0.381. The lowest BCUT2D eigenvalue weighted by molar-refractivity contribution is -0.123. The molecular formula is C14H21N3O2. The van der Waals surface area contributed by atoms with E-state index in [-0.39, 0.29) is 5.91 Å². The summed E-state index contributed by atoms with van der Waals surface area (Å²) in [5, 5.41) is 11.3. The van der Waals surface area contributed by atoms with Gasteiger partial charge in [0.2, 0.25) is 5.91 Å². The molecule has 0 radical (unpaired) electrons. The van der Waals surface area contributed by atoms with E-state index >= 15 is 0 Å². The normalized spacial score (nSPS) is 16.4. The van der Waals surface area contributed by atoms with Crippen LogP contribution in [0.2, 0.25) is 0 Å². The van der Waals surface area contributed by atoms with Gasteiger partial charge in [0.05, 0.1) is 0 Å². The number of carbonyl (C=O) groups is 1. The van der Waals surface area contributed by atoms with Crippen LogP contribution < -0.4 is 10.2 Å². The molecule has 1 aliphatic heterocycles. The van der Waals surface area contributed by atoms with Crippen LogP contribution in [0.25, 0.3) is 0 Å². The van der Waals surface area contributed by atoms with Crippen molar-refractivity contribution in [2.24, 2.45) is 5.92 Å². The molecule has 0 bridgehead atoms. The van der Waals surface area contributed by atoms with Gasteiger partial charge in [0, 0.05) is 37.7 Å². The fourth-order valence-corrected chi connectivity index (χ4v) is 2.51. The van der Waals surface area contributed by atoms with Crippen molar-refractivity contribution in [1.82, 2.24) is 10.3 Å². The number of aliphatic hydroxyl groups is 1. The number of amides is 1. The quantitative estimate of drug-likeness (QED) is 0.824. The lowest BCUT2D eigenvalue weighted by Gasteiger charge is -2.33. The highest BCUT2D eigenvalue weighted by molar-refractivity contribution is 5.76. The molecule has 2 heterocycles. The largest absolute Gasteiger partial charge is 0.387 e. The maximum atomic E-state index is 10.9. The summed E-state index contributed by atoms with van der Waals surface area (Å²) in [6.07, 6.45) is 6.95. The highest BCUT2D eigenvalue weighted by Crippen LogP contribution is 2.24. The minimum absolute atomic E-state index is 0.283. The van der Waals surface area contributed by atoms with E-state index in [4.69, 9.17) is 5.11 Å². The average Bonchev–Trinajstić information content (AvgIpc) is 2.48. The van der Waals surface area contributed by atoms with E-state index in [0.29, 0.717) is 12.5 Å². The second kappa shape index (κ2) is 7.09. The minimum Gasteiger partial charge on any atom is -0.387 e. The fourth-order valence-electron chi connectivity index (χ4n) is 2.51. The highest BCUT2D eigenvalue weighted by atomic mass is 16.3. The van der Waals surface area contributed by atoms with E-state index in [0.717, 1.165) is 32.4 Å². The van der Waals surface area contributed by atoms with E-state index in [1.54, 1.807) is 0 Å². The van der Waals surface area contributed by atoms with Gasteiger partial charge in [-0.05, 0) is 37.3 Å². The van der Waals surface area contributed by atoms with Gasteiger partial charge in [-0.25, -0.2) is 0 Å². The van der Waals surface area contributed by atoms with Crippen molar-refractivity contribution in [3.8, 4) is 0 Å². The Morgan fingerprint density at radius 2 is 2.05 bits per heavy atom. The molecule has 2 rings (SSSR count). The van der Waals surface area contributed by atoms with Crippen molar-refractivity contribution in [3.05, 3.63) is 24.5 Å². The summed E-state index contributed by atoms with van der Waals surface area (Å²) in [7, 11) is 0. The zero-order valence-corrected chi connectivity index (χ0v) is 11.1. The van der Waals surface area contributed by atoms with Crippen molar-refractivity contribution >= 4 is 11.6 Å². The Hall–Kier alpha value is -1.62. The van der Waals surface area contributed by atoms with Gasteiger partial charge >= 0.3 is 0 Å². The highest BCUT2D eigenvalue weighted by Gasteiger charge is 2.19. The topological polar surface area (TPSA) is 65.5 Å². The summed E-state index contributed by atoms with van der Waals surface area (Å²) in [4.78, 5) is 17.3. The third kappa shape index (κ3) is 4.21. The van der Waals surface area contributed by atoms with Gasteiger partial charge in [-0.3, -0.25) is 9.78 Å². The van der Waals surface area contributed by atoms with Gasteiger partial charge in [0.15, 0.2) is 0 Å². The zero-order valence-electron chi connectivity index (χ0n) is 11.1. The van der Waals surface area contributed by atoms with Crippen molar-refractivity contribution in [3.63, 3.8) is 0 Å². The Morgan fingerprint density at radius 3 is 2.68 bits per heavy atom. The minimum atomic E-state index is -0.416. The van der Waals surface area contributed by atoms with Crippen LogP contribution in [0.4, 0.5) is 5.69 Å². The number of aliphatic hydroxyl groups excluding tert-OH is 1. The van der Waals surface area contributed by atoms with E-state index in [1.165, 1.54) is 5.69 Å². The van der Waals surface area contributed by atoms with Gasteiger partial charge in [0.25, 0.3) is 0 Å². The van der Waals surface area contributed by atoms with Crippen LogP contribution in [0, 0.1) is 5.92 Å². The van der Waals surface area contributed by atoms with Gasteiger partial charge in [0.1, 0.15) is 6.61 Å². The molecule has 0 aliphatic carbocycles. The first-order valence-corrected chi connectivity index (χ1v) is 6.82. The number of pyridine rings is 1. The molecular weight excluding hydrogens is 242 g/mol. The lowest BCUT2D eigenvalue weighted by Crippen LogP contribution is -2.35. The first-order valence-electron chi connectivity index (χ1n) is 6.82. The van der Waals surface area contributed by atoms with Crippen LogP contribution in [0.3, 0.4) is 0 Å². The Kier molecular flexibility index (Phi) is 5.15. The average molecular weight is 263 g/mol. The van der Waals surface area contributed by atoms with E-state index in [9.17, 15) is 4.79 Å². The molecule has 5 nitrogen and oxygen atoms in total. The van der Waals surface area contributed by atoms with Gasteiger partial charge in [-0.2, -0.15) is 0 Å². The second-order valence-electron chi connectivity index (χ2n) is 4.93. The second-order valence-corrected chi connectivity index (χ2v) is 4.93. The molecule has 19 heavy (non-hydrogen) atoms. The lowest BCUT2D eigenvalue weighted by atomic mass is 9.93. The third-order valence-corrected chi connectivity index (χ3v) is 3.66. The number of aromatic nitrogens is 1. The maximum absolute atomic E-state index is 10.9. The molecule has 0 unspecified atom stereocenters. The first kappa shape index (κ1) is 13.8. The van der Waals surface area contributed by atoms with Gasteiger partial charge in [-0.15, -0.1) is 0 Å². The molecule has 1 aromatic rings. The molecule has 0 aromatic carbocycles. The maximum Gasteiger partial charge on any atom is 0.245 e. The molecule has 1 amide bonds. The van der Waals surface area contributed by atoms with Crippen molar-refractivity contribution < 1.29 is 9.90 Å². The predicted molar refractivity (Wildman–Crippen MR) is 73.9 cm³/mol. The monoisotopic (exact) mass is 263 g/mol. The summed E-state index contributed by atoms with van der Waals surface area (Å²) in [5.41, 5.74) is 1.24. The number of carbonyl (C=O) groups excluding carboxylic acids is 1. The number of nitrogens with one attached hydrogen (secondary N) is 1. The van der Waals surface area contributed by atoms with Crippen LogP contribution in [0.5, 0.6) is 0 Å². The molecule has 2 N–H and O–H groups in total. The molecule has 0 spiro atoms. The van der Waals surface area contributed by atoms with Crippen LogP contribution in [0.1, 0.15) is 19.3 Å². The van der Waals surface area contributed by atoms with E-state index in [1.807, 2.05) is 24.5 Å². The standard InChI is InChI=1S/C14H21N3O2/c18-11-14(19)16-8-1-12-4-9-17(10-5-12)13-2-6-15-7-3-13/h2-3,6-7,12,18H,1,4-5,8-11H2,(H,16,19). The molecule has 1 fully saturated rings. The predicted octanol–water partition coefficient (Wildman–Crippen LogP) is 0.797. The van der Waals surface area contributed by atoms with Crippen molar-refractivity contribution in [2.75, 3.05) is 31.1 Å². The molecule has 0 saturated carbocycles. The number of hydrogen-bond acceptors (Lipinski definition) is 4. The Morgan fingerprint density at radius 1 is 1.37 bits per heavy atom. The summed E-state index contributed by atoms with van der Waals surface area (Å²) < 4.78 is 0. The van der Waals surface area contributed by atoms with Crippen LogP contribution in [0.15, 0.2) is 24.5 Å². The molecule has 5 heteroatoms. The molecule has 1 aliphatic rings. The van der Waals surface area contributed by atoms with E-state index < -0.39 is 6.61 Å². The number of piperidine rings is 1. The Balaban J connectivity index is 1.69. The fraction of sp³-hybridized carbons (Fsp3) is 0.571. The Bertz CT molecular complexity index is 389. The number of anilines is 1. The van der Waals surface area contributed by atoms with Gasteiger partial charge in [-0.1, -0.05) is 0 Å². The van der Waals surface area contributed by atoms with Crippen LogP contribution >= 0.6 is 0 Å². The van der Waals surface area contributed by atoms with Crippen molar-refractivity contribution in [2.45, 2.75) is 19.3 Å². The summed E-state index contributed by atoms with van der Waals surface area (Å²) in [6, 6.07) is 4.09. The molecule has 0 atom stereocenters. The summed E-state index contributed by atoms with van der Waals surface area (Å²) in [6.45, 7) is 2.37. The first-order chi connectivity index (χ1) is 9.29. The van der Waals surface area contributed by atoms with Crippen LogP contribution in [-0.4, -0.2) is 42.2 Å². The number of hydrogen-bond donors (Lipinski definition) is 2. The molecule has 104 valence electrons. The summed E-state index contributed by atoms with van der Waals surface area (Å²) >= 11 is 0. The number of rotatable bonds is 5. The smallest absolute Gasteiger partial charge is 0.245 e. The molecule has 1 saturated heterocycles.